The molecular weight excluding hydrogens is 246 g/mol. The van der Waals surface area contributed by atoms with E-state index in [9.17, 15) is 9.59 Å². The van der Waals surface area contributed by atoms with Crippen molar-refractivity contribution < 1.29 is 9.59 Å². The Labute approximate surface area is 111 Å². The number of nitrogens with two attached hydrogens (primary N) is 1. The van der Waals surface area contributed by atoms with Crippen molar-refractivity contribution in [3.8, 4) is 0 Å². The van der Waals surface area contributed by atoms with Gasteiger partial charge in [-0.1, -0.05) is 0 Å². The van der Waals surface area contributed by atoms with Crippen LogP contribution in [0.15, 0.2) is 16.9 Å². The van der Waals surface area contributed by atoms with Crippen LogP contribution in [0.5, 0.6) is 0 Å². The van der Waals surface area contributed by atoms with Crippen LogP contribution in [0.2, 0.25) is 0 Å². The van der Waals surface area contributed by atoms with Gasteiger partial charge in [0.05, 0.1) is 11.7 Å². The lowest BCUT2D eigenvalue weighted by atomic mass is 10.1. The predicted octanol–water partition coefficient (Wildman–Crippen LogP) is -0.449. The molecule has 2 rings (SSSR count). The fourth-order valence-corrected chi connectivity index (χ4v) is 2.15. The second-order valence-electron chi connectivity index (χ2n) is 4.61. The first-order valence-electron chi connectivity index (χ1n) is 6.48. The van der Waals surface area contributed by atoms with E-state index in [2.05, 4.69) is 15.6 Å². The van der Waals surface area contributed by atoms with Crippen molar-refractivity contribution in [3.63, 3.8) is 0 Å². The summed E-state index contributed by atoms with van der Waals surface area (Å²) in [6.07, 6.45) is 5.23. The summed E-state index contributed by atoms with van der Waals surface area (Å²) in [5.41, 5.74) is 6.07. The van der Waals surface area contributed by atoms with Crippen molar-refractivity contribution in [2.45, 2.75) is 25.3 Å². The van der Waals surface area contributed by atoms with Crippen LogP contribution in [-0.2, 0) is 4.79 Å². The molecule has 0 spiro atoms. The molecule has 7 heteroatoms. The number of imide groups is 1. The molecule has 0 aromatic rings. The zero-order valence-electron chi connectivity index (χ0n) is 10.8. The minimum Gasteiger partial charge on any atom is -0.403 e. The highest BCUT2D eigenvalue weighted by Crippen LogP contribution is 2.10. The second kappa shape index (κ2) is 6.33. The molecule has 0 unspecified atom stereocenters. The van der Waals surface area contributed by atoms with Crippen LogP contribution in [0.4, 0.5) is 4.79 Å². The van der Waals surface area contributed by atoms with E-state index in [1.54, 1.807) is 6.21 Å². The third-order valence-corrected chi connectivity index (χ3v) is 3.26. The maximum atomic E-state index is 11.7. The molecule has 104 valence electrons. The van der Waals surface area contributed by atoms with Gasteiger partial charge in [-0.05, 0) is 25.9 Å². The molecule has 4 N–H and O–H groups in total. The Hall–Kier alpha value is -1.89. The smallest absolute Gasteiger partial charge is 0.328 e. The molecule has 2 saturated heterocycles. The van der Waals surface area contributed by atoms with Gasteiger partial charge in [-0.3, -0.25) is 20.0 Å². The van der Waals surface area contributed by atoms with E-state index in [1.807, 2.05) is 0 Å². The Morgan fingerprint density at radius 2 is 2.11 bits per heavy atom. The van der Waals surface area contributed by atoms with Gasteiger partial charge in [-0.15, -0.1) is 0 Å². The molecule has 2 aliphatic rings. The quantitative estimate of drug-likeness (QED) is 0.602. The van der Waals surface area contributed by atoms with Crippen molar-refractivity contribution in [2.75, 3.05) is 19.6 Å². The Bertz CT molecular complexity index is 412. The Kier molecular flexibility index (Phi) is 4.51. The number of aliphatic imine (C=N–C) groups is 1. The van der Waals surface area contributed by atoms with Crippen LogP contribution in [0.3, 0.4) is 0 Å². The molecule has 2 heterocycles. The summed E-state index contributed by atoms with van der Waals surface area (Å²) in [5, 5.41) is 5.53. The lowest BCUT2D eigenvalue weighted by molar-refractivity contribution is -0.121. The largest absolute Gasteiger partial charge is 0.403 e. The fourth-order valence-electron chi connectivity index (χ4n) is 2.15. The molecule has 0 radical (unpaired) electrons. The number of urea groups is 1. The number of nitrogens with zero attached hydrogens (tertiary/aromatic N) is 2. The molecular formula is C12H19N5O2. The summed E-state index contributed by atoms with van der Waals surface area (Å²) in [6.45, 7) is 2.26. The zero-order chi connectivity index (χ0) is 13.7. The number of hydrogen-bond acceptors (Lipinski definition) is 5. The molecule has 0 bridgehead atoms. The molecule has 0 saturated carbocycles. The van der Waals surface area contributed by atoms with Gasteiger partial charge in [0.1, 0.15) is 0 Å². The highest BCUT2D eigenvalue weighted by atomic mass is 16.2. The molecule has 3 amide bonds. The molecule has 19 heavy (non-hydrogen) atoms. The number of piperidine rings is 1. The number of rotatable bonds is 3. The number of allylic oxidation sites excluding steroid dienone is 1. The van der Waals surface area contributed by atoms with Crippen LogP contribution in [0.25, 0.3) is 0 Å². The van der Waals surface area contributed by atoms with E-state index in [1.165, 1.54) is 11.1 Å². The molecule has 2 fully saturated rings. The maximum absolute atomic E-state index is 11.7. The lowest BCUT2D eigenvalue weighted by Crippen LogP contribution is -2.49. The first-order valence-corrected chi connectivity index (χ1v) is 6.48. The number of carbonyl (C=O) groups is 2. The number of carbonyl (C=O) groups excluding carboxylic acids is 2. The molecule has 2 aliphatic heterocycles. The number of nitrogens with one attached hydrogen (secondary N) is 2. The Morgan fingerprint density at radius 1 is 1.37 bits per heavy atom. The van der Waals surface area contributed by atoms with E-state index in [0.717, 1.165) is 25.9 Å². The molecule has 0 aromatic carbocycles. The van der Waals surface area contributed by atoms with Gasteiger partial charge >= 0.3 is 6.03 Å². The average molecular weight is 265 g/mol. The fraction of sp³-hybridized carbons (Fsp3) is 0.583. The van der Waals surface area contributed by atoms with Gasteiger partial charge in [-0.2, -0.15) is 0 Å². The van der Waals surface area contributed by atoms with Gasteiger partial charge < -0.3 is 11.1 Å². The highest BCUT2D eigenvalue weighted by molar-refractivity contribution is 5.99. The van der Waals surface area contributed by atoms with Crippen LogP contribution in [0.1, 0.15) is 19.3 Å². The third-order valence-electron chi connectivity index (χ3n) is 3.26. The second-order valence-corrected chi connectivity index (χ2v) is 4.61. The first kappa shape index (κ1) is 13.5. The van der Waals surface area contributed by atoms with Gasteiger partial charge in [-0.25, -0.2) is 4.79 Å². The summed E-state index contributed by atoms with van der Waals surface area (Å²) in [6, 6.07) is -0.171. The van der Waals surface area contributed by atoms with Crippen LogP contribution >= 0.6 is 0 Å². The van der Waals surface area contributed by atoms with E-state index < -0.39 is 6.03 Å². The van der Waals surface area contributed by atoms with Crippen LogP contribution < -0.4 is 16.4 Å². The van der Waals surface area contributed by atoms with Gasteiger partial charge in [0.15, 0.2) is 0 Å². The number of hydrogen-bond donors (Lipinski definition) is 3. The van der Waals surface area contributed by atoms with Crippen molar-refractivity contribution in [3.05, 3.63) is 11.9 Å². The van der Waals surface area contributed by atoms with E-state index in [0.29, 0.717) is 12.2 Å². The zero-order valence-corrected chi connectivity index (χ0v) is 10.8. The third kappa shape index (κ3) is 3.54. The number of amides is 3. The minimum absolute atomic E-state index is 0.257. The monoisotopic (exact) mass is 265 g/mol. The molecule has 0 aliphatic carbocycles. The molecule has 0 atom stereocenters. The van der Waals surface area contributed by atoms with Gasteiger partial charge in [0.2, 0.25) is 5.91 Å². The van der Waals surface area contributed by atoms with E-state index in [4.69, 9.17) is 5.73 Å². The summed E-state index contributed by atoms with van der Waals surface area (Å²) < 4.78 is 0. The normalized spacial score (nSPS) is 22.9. The summed E-state index contributed by atoms with van der Waals surface area (Å²) >= 11 is 0. The minimum atomic E-state index is -0.440. The summed E-state index contributed by atoms with van der Waals surface area (Å²) in [4.78, 5) is 28.7. The van der Waals surface area contributed by atoms with Crippen molar-refractivity contribution in [1.29, 1.82) is 0 Å². The average Bonchev–Trinajstić information content (AvgIpc) is 2.42. The van der Waals surface area contributed by atoms with Crippen LogP contribution in [0, 0.1) is 0 Å². The first-order chi connectivity index (χ1) is 9.20. The van der Waals surface area contributed by atoms with Gasteiger partial charge in [0, 0.05) is 25.4 Å². The molecule has 0 aromatic heterocycles. The SMILES string of the molecule is NC=C(C=NC1CCNCC1)N1CCC(=O)NC1=O. The highest BCUT2D eigenvalue weighted by Gasteiger charge is 2.25. The Morgan fingerprint density at radius 3 is 2.74 bits per heavy atom. The summed E-state index contributed by atoms with van der Waals surface area (Å²) in [5.74, 6) is -0.257. The van der Waals surface area contributed by atoms with Crippen molar-refractivity contribution in [1.82, 2.24) is 15.5 Å². The predicted molar refractivity (Wildman–Crippen MR) is 71.5 cm³/mol. The lowest BCUT2D eigenvalue weighted by Gasteiger charge is -2.27. The Balaban J connectivity index is 1.98. The topological polar surface area (TPSA) is 99.8 Å². The van der Waals surface area contributed by atoms with Crippen molar-refractivity contribution >= 4 is 18.2 Å². The standard InChI is InChI=1S/C12H19N5O2/c13-7-10(8-15-9-1-4-14-5-2-9)17-6-3-11(18)16-12(17)19/h7-9,14H,1-6,13H2,(H,16,18,19). The van der Waals surface area contributed by atoms with Crippen molar-refractivity contribution in [2.24, 2.45) is 10.7 Å². The maximum Gasteiger partial charge on any atom is 0.328 e. The van der Waals surface area contributed by atoms with E-state index >= 15 is 0 Å². The van der Waals surface area contributed by atoms with Gasteiger partial charge in [0.25, 0.3) is 0 Å². The molecule has 7 nitrogen and oxygen atoms in total. The van der Waals surface area contributed by atoms with Crippen LogP contribution in [-0.4, -0.2) is 48.7 Å². The summed E-state index contributed by atoms with van der Waals surface area (Å²) in [7, 11) is 0. The van der Waals surface area contributed by atoms with E-state index in [-0.39, 0.29) is 18.4 Å².